The van der Waals surface area contributed by atoms with Crippen LogP contribution in [-0.2, 0) is 9.53 Å². The average Bonchev–Trinajstić information content (AvgIpc) is 3.03. The molecule has 0 radical (unpaired) electrons. The maximum absolute atomic E-state index is 12.6. The maximum Gasteiger partial charge on any atom is 0.310 e. The summed E-state index contributed by atoms with van der Waals surface area (Å²) < 4.78 is 6.79. The minimum Gasteiger partial charge on any atom is -0.481 e. The molecule has 4 saturated carbocycles. The minimum absolute atomic E-state index is 0.0755. The van der Waals surface area contributed by atoms with E-state index in [-0.39, 0.29) is 23.0 Å². The van der Waals surface area contributed by atoms with Gasteiger partial charge in [0, 0.05) is 5.41 Å². The van der Waals surface area contributed by atoms with E-state index < -0.39 is 17.5 Å². The number of rotatable bonds is 4. The number of carboxylic acid groups (broad SMARTS) is 1. The van der Waals surface area contributed by atoms with E-state index in [1.54, 1.807) is 0 Å². The van der Waals surface area contributed by atoms with Crippen molar-refractivity contribution >= 4 is 5.97 Å². The van der Waals surface area contributed by atoms with Crippen molar-refractivity contribution in [2.75, 3.05) is 0 Å². The third kappa shape index (κ3) is 2.37. The van der Waals surface area contributed by atoms with Crippen molar-refractivity contribution in [2.45, 2.75) is 104 Å². The van der Waals surface area contributed by atoms with E-state index in [1.165, 1.54) is 25.7 Å². The molecule has 6 rings (SSSR count). The van der Waals surface area contributed by atoms with Gasteiger partial charge >= 0.3 is 5.97 Å². The zero-order valence-corrected chi connectivity index (χ0v) is 18.7. The van der Waals surface area contributed by atoms with Crippen LogP contribution in [0, 0.1) is 45.8 Å². The first-order valence-electron chi connectivity index (χ1n) is 12.3. The van der Waals surface area contributed by atoms with Crippen LogP contribution < -0.4 is 0 Å². The van der Waals surface area contributed by atoms with Crippen LogP contribution in [0.1, 0.15) is 85.5 Å². The summed E-state index contributed by atoms with van der Waals surface area (Å²) in [7, 11) is 0. The topological polar surface area (TPSA) is 66.8 Å². The summed E-state index contributed by atoms with van der Waals surface area (Å²) in [6.07, 6.45) is 8.69. The average molecular weight is 405 g/mol. The number of hydrogen-bond acceptors (Lipinski definition) is 3. The maximum atomic E-state index is 12.6. The molecule has 4 heteroatoms. The second kappa shape index (κ2) is 6.45. The fraction of sp³-hybridized carbons (Fsp3) is 0.960. The molecule has 2 heterocycles. The molecule has 29 heavy (non-hydrogen) atoms. The molecule has 0 aromatic rings. The Hall–Kier alpha value is -0.610. The highest BCUT2D eigenvalue weighted by Crippen LogP contribution is 2.74. The molecular weight excluding hydrogens is 364 g/mol. The smallest absolute Gasteiger partial charge is 0.310 e. The summed E-state index contributed by atoms with van der Waals surface area (Å²) in [4.78, 5) is 12.6. The zero-order valence-electron chi connectivity index (χ0n) is 18.7. The fourth-order valence-electron chi connectivity index (χ4n) is 9.77. The fourth-order valence-corrected chi connectivity index (χ4v) is 9.77. The summed E-state index contributed by atoms with van der Waals surface area (Å²) >= 11 is 0. The Morgan fingerprint density at radius 1 is 1.17 bits per heavy atom. The summed E-state index contributed by atoms with van der Waals surface area (Å²) in [5.74, 6) is 2.42. The Balaban J connectivity index is 1.52. The predicted octanol–water partition coefficient (Wildman–Crippen LogP) is 4.88. The molecule has 11 atom stereocenters. The summed E-state index contributed by atoms with van der Waals surface area (Å²) in [5, 5.41) is 20.8. The second-order valence-electron chi connectivity index (χ2n) is 11.9. The molecular formula is C25H40O4. The number of aliphatic hydroxyl groups is 1. The molecule has 6 aliphatic rings. The van der Waals surface area contributed by atoms with Crippen LogP contribution in [0.5, 0.6) is 0 Å². The first-order chi connectivity index (χ1) is 13.7. The first-order valence-corrected chi connectivity index (χ1v) is 12.3. The quantitative estimate of drug-likeness (QED) is 0.700. The van der Waals surface area contributed by atoms with Crippen molar-refractivity contribution < 1.29 is 19.7 Å². The molecule has 164 valence electrons. The van der Waals surface area contributed by atoms with E-state index in [2.05, 4.69) is 27.7 Å². The van der Waals surface area contributed by atoms with Gasteiger partial charge in [-0.3, -0.25) is 4.79 Å². The van der Waals surface area contributed by atoms with Crippen LogP contribution in [0.15, 0.2) is 0 Å². The highest BCUT2D eigenvalue weighted by Gasteiger charge is 2.74. The lowest BCUT2D eigenvalue weighted by Crippen LogP contribution is -2.72. The van der Waals surface area contributed by atoms with E-state index in [9.17, 15) is 15.0 Å². The molecule has 6 fully saturated rings. The lowest BCUT2D eigenvalue weighted by atomic mass is 9.37. The second-order valence-corrected chi connectivity index (χ2v) is 11.9. The SMILES string of the molecule is CCC[C@@H](C)[C@H]1CC[C@@H]2C3C4CC5(C(=O)O)C[C@H](O)CC[C@]5(C)[C@H]3CC(O4)[C@@]21C. The van der Waals surface area contributed by atoms with Crippen LogP contribution >= 0.6 is 0 Å². The van der Waals surface area contributed by atoms with Crippen LogP contribution in [-0.4, -0.2) is 34.5 Å². The number of carboxylic acids is 1. The number of hydrogen-bond donors (Lipinski definition) is 2. The van der Waals surface area contributed by atoms with Gasteiger partial charge in [-0.1, -0.05) is 40.5 Å². The van der Waals surface area contributed by atoms with E-state index in [0.717, 1.165) is 31.1 Å². The lowest BCUT2D eigenvalue weighted by Gasteiger charge is -2.71. The van der Waals surface area contributed by atoms with E-state index in [1.807, 2.05) is 0 Å². The first kappa shape index (κ1) is 20.3. The Kier molecular flexibility index (Phi) is 4.51. The van der Waals surface area contributed by atoms with Crippen molar-refractivity contribution in [3.8, 4) is 0 Å². The van der Waals surface area contributed by atoms with Gasteiger partial charge in [0.05, 0.1) is 23.7 Å². The van der Waals surface area contributed by atoms with E-state index >= 15 is 0 Å². The number of aliphatic hydroxyl groups excluding tert-OH is 1. The van der Waals surface area contributed by atoms with Gasteiger partial charge in [0.1, 0.15) is 0 Å². The number of fused-ring (bicyclic) bond motifs is 1. The molecule has 0 aromatic carbocycles. The number of aliphatic carboxylic acids is 1. The van der Waals surface area contributed by atoms with Gasteiger partial charge in [0.25, 0.3) is 0 Å². The Bertz CT molecular complexity index is 692. The molecule has 4 nitrogen and oxygen atoms in total. The summed E-state index contributed by atoms with van der Waals surface area (Å²) in [6, 6.07) is 0. The Labute approximate surface area is 175 Å². The third-order valence-corrected chi connectivity index (χ3v) is 11.1. The van der Waals surface area contributed by atoms with Crippen molar-refractivity contribution in [3.63, 3.8) is 0 Å². The van der Waals surface area contributed by atoms with E-state index in [4.69, 9.17) is 4.74 Å². The zero-order chi connectivity index (χ0) is 20.8. The predicted molar refractivity (Wildman–Crippen MR) is 111 cm³/mol. The van der Waals surface area contributed by atoms with Crippen LogP contribution in [0.3, 0.4) is 0 Å². The standard InChI is InChI=1S/C25H40O4/c1-5-6-14(2)16-7-8-17-21-18-11-20(24(16,17)4)29-19(21)13-25(22(27)28)12-15(26)9-10-23(18,25)3/h14-21,26H,5-13H2,1-4H3,(H,27,28)/t14-,15-,16-,17-,18+,19?,20?,21?,23-,24-,25?/m1/s1. The normalized spacial score (nSPS) is 56.5. The lowest BCUT2D eigenvalue weighted by molar-refractivity contribution is -0.316. The summed E-state index contributed by atoms with van der Waals surface area (Å²) in [5.41, 5.74) is -0.765. The largest absolute Gasteiger partial charge is 0.481 e. The van der Waals surface area contributed by atoms with Crippen LogP contribution in [0.2, 0.25) is 0 Å². The van der Waals surface area contributed by atoms with Crippen molar-refractivity contribution in [1.82, 2.24) is 0 Å². The summed E-state index contributed by atoms with van der Waals surface area (Å²) in [6.45, 7) is 9.52. The Morgan fingerprint density at radius 3 is 2.62 bits per heavy atom. The van der Waals surface area contributed by atoms with Crippen LogP contribution in [0.25, 0.3) is 0 Å². The number of carbonyl (C=O) groups is 1. The van der Waals surface area contributed by atoms with Gasteiger partial charge in [-0.2, -0.15) is 0 Å². The molecule has 0 amide bonds. The molecule has 2 aliphatic heterocycles. The highest BCUT2D eigenvalue weighted by atomic mass is 16.5. The van der Waals surface area contributed by atoms with Crippen molar-refractivity contribution in [2.24, 2.45) is 45.8 Å². The molecule has 2 saturated heterocycles. The Morgan fingerprint density at radius 2 is 1.93 bits per heavy atom. The third-order valence-electron chi connectivity index (χ3n) is 11.1. The highest BCUT2D eigenvalue weighted by molar-refractivity contribution is 5.76. The minimum atomic E-state index is -0.817. The molecule has 0 spiro atoms. The van der Waals surface area contributed by atoms with Gasteiger partial charge in [-0.15, -0.1) is 0 Å². The van der Waals surface area contributed by atoms with Gasteiger partial charge in [0.15, 0.2) is 0 Å². The van der Waals surface area contributed by atoms with Gasteiger partial charge in [-0.25, -0.2) is 0 Å². The molecule has 4 unspecified atom stereocenters. The number of ether oxygens (including phenoxy) is 1. The molecule has 2 N–H and O–H groups in total. The van der Waals surface area contributed by atoms with E-state index in [0.29, 0.717) is 30.6 Å². The molecule has 0 aromatic heterocycles. The van der Waals surface area contributed by atoms with Gasteiger partial charge < -0.3 is 14.9 Å². The van der Waals surface area contributed by atoms with Gasteiger partial charge in [-0.05, 0) is 80.0 Å². The van der Waals surface area contributed by atoms with Gasteiger partial charge in [0.2, 0.25) is 0 Å². The van der Waals surface area contributed by atoms with Crippen LogP contribution in [0.4, 0.5) is 0 Å². The molecule has 4 aliphatic carbocycles. The van der Waals surface area contributed by atoms with Crippen molar-refractivity contribution in [1.29, 1.82) is 0 Å². The molecule has 4 bridgehead atoms. The monoisotopic (exact) mass is 404 g/mol. The van der Waals surface area contributed by atoms with Crippen molar-refractivity contribution in [3.05, 3.63) is 0 Å².